The van der Waals surface area contributed by atoms with Gasteiger partial charge in [0.05, 0.1) is 14.2 Å². The number of ketones is 2. The van der Waals surface area contributed by atoms with Crippen molar-refractivity contribution in [3.63, 3.8) is 0 Å². The molecule has 2 aromatic heterocycles. The molecule has 0 saturated carbocycles. The van der Waals surface area contributed by atoms with E-state index in [0.29, 0.717) is 29.5 Å². The van der Waals surface area contributed by atoms with Crippen LogP contribution in [-0.4, -0.2) is 51.6 Å². The summed E-state index contributed by atoms with van der Waals surface area (Å²) in [5.41, 5.74) is 1.36. The van der Waals surface area contributed by atoms with Gasteiger partial charge in [-0.25, -0.2) is 4.98 Å². The normalized spacial score (nSPS) is 19.7. The van der Waals surface area contributed by atoms with Gasteiger partial charge in [0.1, 0.15) is 27.8 Å². The van der Waals surface area contributed by atoms with Crippen LogP contribution < -0.4 is 19.5 Å². The number of rotatable bonds is 6. The number of ether oxygens (including phenoxy) is 3. The Morgan fingerprint density at radius 1 is 1.10 bits per heavy atom. The fourth-order valence-electron chi connectivity index (χ4n) is 5.11. The predicted octanol–water partition coefficient (Wildman–Crippen LogP) is 5.12. The SMILES string of the molecule is COc1cc(OC)c2c(c1Cl)O[C@@]1(C(=O)C=C(Nc3ccc(-c4n[nH]c(-c5ccccn5)n4)cc3)C[C@H]1C)C2=O. The van der Waals surface area contributed by atoms with Crippen LogP contribution in [0.15, 0.2) is 66.5 Å². The fraction of sp³-hybridized carbons (Fsp3) is 0.207. The minimum atomic E-state index is -1.72. The molecule has 1 aliphatic heterocycles. The summed E-state index contributed by atoms with van der Waals surface area (Å²) in [7, 11) is 2.88. The summed E-state index contributed by atoms with van der Waals surface area (Å²) in [6.07, 6.45) is 3.50. The van der Waals surface area contributed by atoms with Gasteiger partial charge in [-0.2, -0.15) is 5.10 Å². The first-order valence-corrected chi connectivity index (χ1v) is 12.9. The molecule has 0 radical (unpaired) electrons. The van der Waals surface area contributed by atoms with Gasteiger partial charge in [-0.3, -0.25) is 19.7 Å². The highest BCUT2D eigenvalue weighted by Crippen LogP contribution is 2.53. The molecule has 0 amide bonds. The number of aromatic amines is 1. The minimum absolute atomic E-state index is 0.0987. The zero-order valence-electron chi connectivity index (χ0n) is 21.8. The number of anilines is 1. The number of hydrogen-bond acceptors (Lipinski definition) is 9. The molecule has 2 N–H and O–H groups in total. The number of methoxy groups -OCH3 is 2. The van der Waals surface area contributed by atoms with Crippen molar-refractivity contribution in [3.05, 3.63) is 77.1 Å². The number of benzene rings is 2. The van der Waals surface area contributed by atoms with Crippen molar-refractivity contribution in [1.29, 1.82) is 0 Å². The van der Waals surface area contributed by atoms with E-state index in [1.165, 1.54) is 26.4 Å². The van der Waals surface area contributed by atoms with E-state index >= 15 is 0 Å². The Balaban J connectivity index is 1.22. The highest BCUT2D eigenvalue weighted by Gasteiger charge is 2.60. The number of Topliss-reactive ketones (excluding diaryl/α,β-unsaturated/α-hetero) is 1. The van der Waals surface area contributed by atoms with Crippen LogP contribution in [0.2, 0.25) is 5.02 Å². The van der Waals surface area contributed by atoms with E-state index in [0.717, 1.165) is 11.3 Å². The first kappa shape index (κ1) is 25.6. The van der Waals surface area contributed by atoms with Gasteiger partial charge in [0.15, 0.2) is 17.4 Å². The molecule has 1 spiro atoms. The van der Waals surface area contributed by atoms with Gasteiger partial charge in [-0.15, -0.1) is 0 Å². The van der Waals surface area contributed by atoms with Crippen molar-refractivity contribution in [1.82, 2.24) is 20.2 Å². The Morgan fingerprint density at radius 3 is 2.55 bits per heavy atom. The average Bonchev–Trinajstić information content (AvgIpc) is 3.58. The third kappa shape index (κ3) is 3.99. The van der Waals surface area contributed by atoms with E-state index in [4.69, 9.17) is 25.8 Å². The molecule has 4 aromatic rings. The molecule has 10 nitrogen and oxygen atoms in total. The van der Waals surface area contributed by atoms with Crippen LogP contribution in [0.4, 0.5) is 5.69 Å². The second-order valence-corrected chi connectivity index (χ2v) is 9.91. The smallest absolute Gasteiger partial charge is 0.236 e. The van der Waals surface area contributed by atoms with Crippen LogP contribution in [0.3, 0.4) is 0 Å². The van der Waals surface area contributed by atoms with Crippen molar-refractivity contribution in [2.45, 2.75) is 18.9 Å². The summed E-state index contributed by atoms with van der Waals surface area (Å²) in [4.78, 5) is 36.0. The number of H-pyrrole nitrogens is 1. The van der Waals surface area contributed by atoms with E-state index in [1.807, 2.05) is 42.5 Å². The van der Waals surface area contributed by atoms with Crippen LogP contribution >= 0.6 is 11.6 Å². The van der Waals surface area contributed by atoms with Crippen LogP contribution in [0, 0.1) is 5.92 Å². The Labute approximate surface area is 234 Å². The molecule has 0 unspecified atom stereocenters. The summed E-state index contributed by atoms with van der Waals surface area (Å²) in [6, 6.07) is 14.6. The fourth-order valence-corrected chi connectivity index (χ4v) is 5.38. The van der Waals surface area contributed by atoms with E-state index in [2.05, 4.69) is 25.5 Å². The lowest BCUT2D eigenvalue weighted by molar-refractivity contribution is -0.129. The summed E-state index contributed by atoms with van der Waals surface area (Å²) in [6.45, 7) is 1.81. The topological polar surface area (TPSA) is 128 Å². The molecule has 11 heteroatoms. The number of aromatic nitrogens is 4. The van der Waals surface area contributed by atoms with E-state index < -0.39 is 23.1 Å². The highest BCUT2D eigenvalue weighted by molar-refractivity contribution is 6.36. The van der Waals surface area contributed by atoms with Gasteiger partial charge in [-0.05, 0) is 42.8 Å². The third-order valence-electron chi connectivity index (χ3n) is 7.15. The Morgan fingerprint density at radius 2 is 1.88 bits per heavy atom. The maximum Gasteiger partial charge on any atom is 0.236 e. The molecular formula is C29H24ClN5O5. The molecule has 0 fully saturated rings. The number of nitrogens with zero attached hydrogens (tertiary/aromatic N) is 3. The van der Waals surface area contributed by atoms with Crippen molar-refractivity contribution in [3.8, 4) is 40.2 Å². The van der Waals surface area contributed by atoms with Crippen molar-refractivity contribution >= 4 is 28.9 Å². The lowest BCUT2D eigenvalue weighted by Gasteiger charge is -2.35. The largest absolute Gasteiger partial charge is 0.496 e. The first-order chi connectivity index (χ1) is 19.3. The molecule has 6 rings (SSSR count). The molecular weight excluding hydrogens is 534 g/mol. The molecule has 0 bridgehead atoms. The molecule has 40 heavy (non-hydrogen) atoms. The van der Waals surface area contributed by atoms with Gasteiger partial charge in [0, 0.05) is 41.2 Å². The summed E-state index contributed by atoms with van der Waals surface area (Å²) >= 11 is 6.46. The monoisotopic (exact) mass is 557 g/mol. The molecule has 2 aromatic carbocycles. The van der Waals surface area contributed by atoms with Gasteiger partial charge in [0.25, 0.3) is 0 Å². The Kier molecular flexibility index (Phi) is 6.26. The van der Waals surface area contributed by atoms with Crippen molar-refractivity contribution < 1.29 is 23.8 Å². The summed E-state index contributed by atoms with van der Waals surface area (Å²) in [5, 5.41) is 10.6. The zero-order chi connectivity index (χ0) is 28.0. The number of pyridine rings is 1. The summed E-state index contributed by atoms with van der Waals surface area (Å²) < 4.78 is 16.8. The number of fused-ring (bicyclic) bond motifs is 1. The minimum Gasteiger partial charge on any atom is -0.496 e. The van der Waals surface area contributed by atoms with Gasteiger partial charge < -0.3 is 19.5 Å². The van der Waals surface area contributed by atoms with E-state index in [1.54, 1.807) is 13.1 Å². The second kappa shape index (κ2) is 9.80. The molecule has 2 aliphatic rings. The molecule has 1 aliphatic carbocycles. The van der Waals surface area contributed by atoms with E-state index in [-0.39, 0.29) is 27.8 Å². The van der Waals surface area contributed by atoms with Crippen LogP contribution in [0.25, 0.3) is 22.9 Å². The van der Waals surface area contributed by atoms with E-state index in [9.17, 15) is 9.59 Å². The maximum atomic E-state index is 13.7. The maximum absolute atomic E-state index is 13.7. The number of carbonyl (C=O) groups excluding carboxylic acids is 2. The first-order valence-electron chi connectivity index (χ1n) is 12.5. The molecule has 202 valence electrons. The van der Waals surface area contributed by atoms with Gasteiger partial charge >= 0.3 is 0 Å². The number of carbonyl (C=O) groups is 2. The highest BCUT2D eigenvalue weighted by atomic mass is 35.5. The standard InChI is InChI=1S/C29H24ClN5O5/c1-15-12-18(13-22(36)29(15)26(37)23-20(38-2)14-21(39-3)24(30)25(23)40-29)32-17-9-7-16(8-10-17)27-33-28(35-34-27)19-6-4-5-11-31-19/h4-11,13-15,32H,12H2,1-3H3,(H,33,34,35)/t15-,29+/m1/s1. The Bertz CT molecular complexity index is 1670. The van der Waals surface area contributed by atoms with Gasteiger partial charge in [-0.1, -0.05) is 24.6 Å². The number of halogens is 1. The quantitative estimate of drug-likeness (QED) is 0.310. The van der Waals surface area contributed by atoms with Crippen LogP contribution in [-0.2, 0) is 4.79 Å². The van der Waals surface area contributed by atoms with Gasteiger partial charge in [0.2, 0.25) is 17.2 Å². The molecule has 2 atom stereocenters. The molecule has 3 heterocycles. The van der Waals surface area contributed by atoms with Crippen LogP contribution in [0.5, 0.6) is 17.2 Å². The number of nitrogens with one attached hydrogen (secondary N) is 2. The lowest BCUT2D eigenvalue weighted by Crippen LogP contribution is -2.55. The summed E-state index contributed by atoms with van der Waals surface area (Å²) in [5.74, 6) is 0.316. The second-order valence-electron chi connectivity index (χ2n) is 9.53. The average molecular weight is 558 g/mol. The van der Waals surface area contributed by atoms with Crippen molar-refractivity contribution in [2.24, 2.45) is 5.92 Å². The predicted molar refractivity (Wildman–Crippen MR) is 148 cm³/mol. The van der Waals surface area contributed by atoms with Crippen molar-refractivity contribution in [2.75, 3.05) is 19.5 Å². The van der Waals surface area contributed by atoms with Crippen LogP contribution in [0.1, 0.15) is 23.7 Å². The lowest BCUT2D eigenvalue weighted by atomic mass is 9.74. The number of allylic oxidation sites excluding steroid dienone is 1. The Hall–Kier alpha value is -4.70. The molecule has 0 saturated heterocycles. The zero-order valence-corrected chi connectivity index (χ0v) is 22.6. The number of hydrogen-bond donors (Lipinski definition) is 2. The third-order valence-corrected chi connectivity index (χ3v) is 7.51.